The van der Waals surface area contributed by atoms with Gasteiger partial charge in [0.2, 0.25) is 5.91 Å². The molecule has 9 heteroatoms. The Kier molecular flexibility index (Phi) is 4.07. The Labute approximate surface area is 183 Å². The Morgan fingerprint density at radius 1 is 1.06 bits per heavy atom. The van der Waals surface area contributed by atoms with Gasteiger partial charge in [-0.05, 0) is 59.4 Å². The van der Waals surface area contributed by atoms with Gasteiger partial charge in [-0.25, -0.2) is 9.50 Å². The highest BCUT2D eigenvalue weighted by molar-refractivity contribution is 6.62. The molecule has 2 atom stereocenters. The van der Waals surface area contributed by atoms with Crippen LogP contribution in [0.15, 0.2) is 18.6 Å². The van der Waals surface area contributed by atoms with Gasteiger partial charge in [0.15, 0.2) is 5.82 Å². The molecule has 2 aromatic rings. The molecule has 164 valence electrons. The van der Waals surface area contributed by atoms with Crippen molar-refractivity contribution in [2.75, 3.05) is 18.0 Å². The number of carbonyl (C=O) groups is 1. The van der Waals surface area contributed by atoms with Crippen molar-refractivity contribution in [2.24, 2.45) is 5.92 Å². The Hall–Kier alpha value is -2.13. The molecular formula is C22H30BN5O3. The van der Waals surface area contributed by atoms with E-state index in [1.54, 1.807) is 6.33 Å². The highest BCUT2D eigenvalue weighted by Crippen LogP contribution is 2.39. The van der Waals surface area contributed by atoms with E-state index in [2.05, 4.69) is 53.6 Å². The van der Waals surface area contributed by atoms with Crippen molar-refractivity contribution in [1.82, 2.24) is 19.5 Å². The van der Waals surface area contributed by atoms with Crippen LogP contribution >= 0.6 is 0 Å². The lowest BCUT2D eigenvalue weighted by Crippen LogP contribution is -2.56. The van der Waals surface area contributed by atoms with Gasteiger partial charge >= 0.3 is 7.12 Å². The van der Waals surface area contributed by atoms with E-state index in [-0.39, 0.29) is 17.1 Å². The highest BCUT2D eigenvalue weighted by atomic mass is 16.7. The molecule has 4 fully saturated rings. The molecule has 6 rings (SSSR count). The lowest BCUT2D eigenvalue weighted by Gasteiger charge is -2.41. The smallest absolute Gasteiger partial charge is 0.399 e. The van der Waals surface area contributed by atoms with Gasteiger partial charge in [0.05, 0.1) is 11.2 Å². The Morgan fingerprint density at radius 2 is 1.71 bits per heavy atom. The predicted octanol–water partition coefficient (Wildman–Crippen LogP) is 1.62. The lowest BCUT2D eigenvalue weighted by molar-refractivity contribution is -0.135. The molecule has 1 amide bonds. The molecule has 8 nitrogen and oxygen atoms in total. The first-order chi connectivity index (χ1) is 14.7. The number of carbonyl (C=O) groups excluding carboxylic acids is 1. The summed E-state index contributed by atoms with van der Waals surface area (Å²) in [7, 11) is -0.427. The summed E-state index contributed by atoms with van der Waals surface area (Å²) in [5, 5.41) is 4.43. The standard InChI is InChI=1S/C22H30BN5O3/c1-21(2)22(3,4)31-23(30-21)15-9-18-19(24-13-25-27(18)10-15)26-11-16-7-8-17(12-26)28(16)20(29)14-5-6-14/h9-10,13-14,16-17H,5-8,11-12H2,1-4H3. The summed E-state index contributed by atoms with van der Waals surface area (Å²) in [4.78, 5) is 22.0. The summed E-state index contributed by atoms with van der Waals surface area (Å²) in [6.07, 6.45) is 7.89. The minimum absolute atomic E-state index is 0.286. The maximum Gasteiger partial charge on any atom is 0.496 e. The van der Waals surface area contributed by atoms with Crippen LogP contribution in [0, 0.1) is 5.92 Å². The van der Waals surface area contributed by atoms with E-state index in [4.69, 9.17) is 9.31 Å². The van der Waals surface area contributed by atoms with Gasteiger partial charge in [0.25, 0.3) is 0 Å². The molecule has 3 saturated heterocycles. The maximum absolute atomic E-state index is 12.8. The summed E-state index contributed by atoms with van der Waals surface area (Å²) in [6.45, 7) is 9.91. The van der Waals surface area contributed by atoms with Crippen molar-refractivity contribution in [2.45, 2.75) is 76.7 Å². The van der Waals surface area contributed by atoms with E-state index in [1.165, 1.54) is 0 Å². The summed E-state index contributed by atoms with van der Waals surface area (Å²) >= 11 is 0. The number of fused-ring (bicyclic) bond motifs is 3. The van der Waals surface area contributed by atoms with E-state index in [0.29, 0.717) is 18.0 Å². The van der Waals surface area contributed by atoms with Crippen LogP contribution in [0.4, 0.5) is 5.82 Å². The van der Waals surface area contributed by atoms with Crippen LogP contribution < -0.4 is 10.4 Å². The Morgan fingerprint density at radius 3 is 2.32 bits per heavy atom. The van der Waals surface area contributed by atoms with Crippen LogP contribution in [-0.4, -0.2) is 68.9 Å². The molecule has 5 heterocycles. The van der Waals surface area contributed by atoms with Crippen molar-refractivity contribution < 1.29 is 14.1 Å². The average molecular weight is 423 g/mol. The number of hydrogen-bond acceptors (Lipinski definition) is 6. The number of amides is 1. The van der Waals surface area contributed by atoms with Gasteiger partial charge in [0, 0.05) is 42.8 Å². The fourth-order valence-electron chi connectivity index (χ4n) is 5.27. The quantitative estimate of drug-likeness (QED) is 0.699. The summed E-state index contributed by atoms with van der Waals surface area (Å²) in [5.74, 6) is 1.59. The maximum atomic E-state index is 12.8. The largest absolute Gasteiger partial charge is 0.496 e. The molecule has 31 heavy (non-hydrogen) atoms. The molecule has 2 unspecified atom stereocenters. The molecular weight excluding hydrogens is 393 g/mol. The molecule has 0 N–H and O–H groups in total. The molecule has 1 aliphatic carbocycles. The molecule has 0 spiro atoms. The van der Waals surface area contributed by atoms with E-state index < -0.39 is 7.12 Å². The first kappa shape index (κ1) is 19.6. The summed E-state index contributed by atoms with van der Waals surface area (Å²) < 4.78 is 14.3. The lowest BCUT2D eigenvalue weighted by atomic mass is 9.81. The van der Waals surface area contributed by atoms with Crippen molar-refractivity contribution in [3.8, 4) is 0 Å². The second-order valence-electron chi connectivity index (χ2n) is 10.6. The SMILES string of the molecule is CC1(C)OB(c2cc3c(N4CC5CCC(C4)N5C(=O)C4CC4)ncnn3c2)OC1(C)C. The molecule has 4 aliphatic rings. The molecule has 3 aliphatic heterocycles. The minimum atomic E-state index is -0.427. The second kappa shape index (κ2) is 6.45. The van der Waals surface area contributed by atoms with E-state index in [0.717, 1.165) is 55.6 Å². The van der Waals surface area contributed by atoms with Gasteiger partial charge < -0.3 is 19.1 Å². The number of rotatable bonds is 3. The van der Waals surface area contributed by atoms with Crippen LogP contribution in [0.3, 0.4) is 0 Å². The number of hydrogen-bond donors (Lipinski definition) is 0. The Bertz CT molecular complexity index is 1020. The average Bonchev–Trinajstić information content (AvgIpc) is 3.35. The third-order valence-electron chi connectivity index (χ3n) is 7.89. The molecule has 2 aromatic heterocycles. The van der Waals surface area contributed by atoms with Gasteiger partial charge in [-0.3, -0.25) is 4.79 Å². The van der Waals surface area contributed by atoms with Crippen LogP contribution in [0.2, 0.25) is 0 Å². The number of piperazine rings is 1. The van der Waals surface area contributed by atoms with Crippen molar-refractivity contribution in [3.63, 3.8) is 0 Å². The second-order valence-corrected chi connectivity index (χ2v) is 10.6. The molecule has 0 radical (unpaired) electrons. The third-order valence-corrected chi connectivity index (χ3v) is 7.89. The van der Waals surface area contributed by atoms with Gasteiger partial charge in [0.1, 0.15) is 11.8 Å². The zero-order valence-electron chi connectivity index (χ0n) is 18.7. The van der Waals surface area contributed by atoms with E-state index in [1.807, 2.05) is 10.7 Å². The first-order valence-corrected chi connectivity index (χ1v) is 11.5. The predicted molar refractivity (Wildman–Crippen MR) is 117 cm³/mol. The zero-order chi connectivity index (χ0) is 21.5. The third kappa shape index (κ3) is 3.00. The molecule has 1 saturated carbocycles. The van der Waals surface area contributed by atoms with Crippen molar-refractivity contribution in [3.05, 3.63) is 18.6 Å². The molecule has 0 aromatic carbocycles. The van der Waals surface area contributed by atoms with Crippen molar-refractivity contribution in [1.29, 1.82) is 0 Å². The van der Waals surface area contributed by atoms with Crippen LogP contribution in [-0.2, 0) is 14.1 Å². The van der Waals surface area contributed by atoms with E-state index in [9.17, 15) is 4.79 Å². The fraction of sp³-hybridized carbons (Fsp3) is 0.682. The zero-order valence-corrected chi connectivity index (χ0v) is 18.7. The highest BCUT2D eigenvalue weighted by Gasteiger charge is 2.52. The Balaban J connectivity index is 1.28. The fourth-order valence-corrected chi connectivity index (χ4v) is 5.27. The minimum Gasteiger partial charge on any atom is -0.399 e. The van der Waals surface area contributed by atoms with E-state index >= 15 is 0 Å². The van der Waals surface area contributed by atoms with Crippen molar-refractivity contribution >= 4 is 29.8 Å². The topological polar surface area (TPSA) is 72.2 Å². The normalized spacial score (nSPS) is 29.2. The first-order valence-electron chi connectivity index (χ1n) is 11.5. The monoisotopic (exact) mass is 423 g/mol. The van der Waals surface area contributed by atoms with Gasteiger partial charge in [-0.1, -0.05) is 0 Å². The number of nitrogens with zero attached hydrogens (tertiary/aromatic N) is 5. The van der Waals surface area contributed by atoms with Gasteiger partial charge in [-0.15, -0.1) is 0 Å². The number of anilines is 1. The van der Waals surface area contributed by atoms with Crippen LogP contribution in [0.5, 0.6) is 0 Å². The van der Waals surface area contributed by atoms with Crippen LogP contribution in [0.25, 0.3) is 5.52 Å². The summed E-state index contributed by atoms with van der Waals surface area (Å²) in [6, 6.07) is 2.67. The number of aromatic nitrogens is 3. The molecule has 2 bridgehead atoms. The van der Waals surface area contributed by atoms with Crippen LogP contribution in [0.1, 0.15) is 53.4 Å². The van der Waals surface area contributed by atoms with Gasteiger partial charge in [-0.2, -0.15) is 5.10 Å². The summed E-state index contributed by atoms with van der Waals surface area (Å²) in [5.41, 5.74) is 1.13.